The molecule has 1 saturated heterocycles. The molecule has 1 aliphatic carbocycles. The fourth-order valence-corrected chi connectivity index (χ4v) is 2.82. The Balaban J connectivity index is 1.52. The summed E-state index contributed by atoms with van der Waals surface area (Å²) in [5.41, 5.74) is 0.419. The summed E-state index contributed by atoms with van der Waals surface area (Å²) < 4.78 is 6.02. The molecule has 0 bridgehead atoms. The molecule has 1 aliphatic heterocycles. The first-order valence-electron chi connectivity index (χ1n) is 6.70. The summed E-state index contributed by atoms with van der Waals surface area (Å²) in [7, 11) is 0. The Morgan fingerprint density at radius 2 is 2.25 bits per heavy atom. The molecule has 2 aliphatic rings. The van der Waals surface area contributed by atoms with Gasteiger partial charge in [-0.15, -0.1) is 0 Å². The molecule has 1 saturated carbocycles. The van der Waals surface area contributed by atoms with Gasteiger partial charge in [0.2, 0.25) is 5.91 Å². The molecule has 0 aromatic carbocycles. The number of esters is 1. The van der Waals surface area contributed by atoms with Gasteiger partial charge in [0, 0.05) is 41.8 Å². The van der Waals surface area contributed by atoms with Gasteiger partial charge in [-0.05, 0) is 34.8 Å². The summed E-state index contributed by atoms with van der Waals surface area (Å²) in [5, 5.41) is 0. The van der Waals surface area contributed by atoms with Crippen LogP contribution in [0.1, 0.15) is 29.6 Å². The number of carbonyl (C=O) groups excluding carboxylic acids is 2. The second kappa shape index (κ2) is 5.52. The molecule has 106 valence electrons. The van der Waals surface area contributed by atoms with Gasteiger partial charge in [-0.2, -0.15) is 0 Å². The van der Waals surface area contributed by atoms with E-state index in [1.54, 1.807) is 12.3 Å². The van der Waals surface area contributed by atoms with Crippen LogP contribution in [0, 0.1) is 5.92 Å². The number of nitrogens with zero attached hydrogens (tertiary/aromatic N) is 2. The summed E-state index contributed by atoms with van der Waals surface area (Å²) in [6.45, 7) is 1.01. The van der Waals surface area contributed by atoms with Crippen LogP contribution in [0.3, 0.4) is 0 Å². The lowest BCUT2D eigenvalue weighted by molar-refractivity contribution is -0.128. The Bertz CT molecular complexity index is 545. The van der Waals surface area contributed by atoms with Crippen LogP contribution in [0.5, 0.6) is 0 Å². The van der Waals surface area contributed by atoms with Crippen LogP contribution in [-0.4, -0.2) is 41.0 Å². The van der Waals surface area contributed by atoms with Crippen molar-refractivity contribution in [1.82, 2.24) is 9.88 Å². The number of amides is 1. The van der Waals surface area contributed by atoms with E-state index in [-0.39, 0.29) is 11.8 Å². The third-order valence-electron chi connectivity index (χ3n) is 3.62. The molecule has 20 heavy (non-hydrogen) atoms. The molecule has 0 spiro atoms. The zero-order valence-corrected chi connectivity index (χ0v) is 12.5. The first-order chi connectivity index (χ1) is 9.63. The molecule has 2 fully saturated rings. The molecule has 0 N–H and O–H groups in total. The average molecular weight is 339 g/mol. The number of carbonyl (C=O) groups is 2. The molecule has 6 heteroatoms. The Kier molecular flexibility index (Phi) is 3.74. The van der Waals surface area contributed by atoms with Crippen molar-refractivity contribution >= 4 is 27.8 Å². The lowest BCUT2D eigenvalue weighted by Gasteiger charge is -2.15. The maximum Gasteiger partial charge on any atom is 0.339 e. The monoisotopic (exact) mass is 338 g/mol. The minimum absolute atomic E-state index is 0.118. The highest BCUT2D eigenvalue weighted by Crippen LogP contribution is 2.32. The van der Waals surface area contributed by atoms with Gasteiger partial charge in [0.25, 0.3) is 0 Å². The first-order valence-corrected chi connectivity index (χ1v) is 7.50. The highest BCUT2D eigenvalue weighted by atomic mass is 79.9. The summed E-state index contributed by atoms with van der Waals surface area (Å²) in [6, 6.07) is 2.11. The quantitative estimate of drug-likeness (QED) is 0.788. The smallest absolute Gasteiger partial charge is 0.339 e. The first kappa shape index (κ1) is 13.5. The molecule has 0 unspecified atom stereocenters. The highest BCUT2D eigenvalue weighted by Gasteiger charge is 2.39. The van der Waals surface area contributed by atoms with Crippen molar-refractivity contribution in [3.05, 3.63) is 28.5 Å². The van der Waals surface area contributed by atoms with Crippen molar-refractivity contribution in [3.63, 3.8) is 0 Å². The Hall–Kier alpha value is -1.43. The van der Waals surface area contributed by atoms with E-state index in [4.69, 9.17) is 4.74 Å². The maximum absolute atomic E-state index is 11.9. The van der Waals surface area contributed by atoms with Crippen LogP contribution < -0.4 is 0 Å². The number of likely N-dealkylation sites (tertiary alicyclic amines) is 1. The number of aromatic nitrogens is 1. The van der Waals surface area contributed by atoms with E-state index in [0.717, 1.165) is 17.3 Å². The molecule has 0 radical (unpaired) electrons. The van der Waals surface area contributed by atoms with Crippen LogP contribution in [-0.2, 0) is 9.53 Å². The molecule has 1 atom stereocenters. The van der Waals surface area contributed by atoms with Gasteiger partial charge in [-0.3, -0.25) is 9.78 Å². The van der Waals surface area contributed by atoms with Crippen LogP contribution in [0.25, 0.3) is 0 Å². The summed E-state index contributed by atoms with van der Waals surface area (Å²) >= 11 is 3.26. The second-order valence-corrected chi connectivity index (χ2v) is 6.25. The SMILES string of the molecule is O=C(OC[C@H]1CC(=O)N(C2CC2)C1)c1cncc(Br)c1. The van der Waals surface area contributed by atoms with Gasteiger partial charge >= 0.3 is 5.97 Å². The third-order valence-corrected chi connectivity index (χ3v) is 4.05. The van der Waals surface area contributed by atoms with Gasteiger partial charge < -0.3 is 9.64 Å². The molecule has 3 rings (SSSR count). The number of hydrogen-bond acceptors (Lipinski definition) is 4. The molecule has 2 heterocycles. The van der Waals surface area contributed by atoms with E-state index < -0.39 is 5.97 Å². The summed E-state index contributed by atoms with van der Waals surface area (Å²) in [4.78, 5) is 29.5. The lowest BCUT2D eigenvalue weighted by atomic mass is 10.1. The van der Waals surface area contributed by atoms with Crippen LogP contribution >= 0.6 is 15.9 Å². The fraction of sp³-hybridized carbons (Fsp3) is 0.500. The van der Waals surface area contributed by atoms with E-state index in [2.05, 4.69) is 20.9 Å². The predicted octanol–water partition coefficient (Wildman–Crippen LogP) is 2.01. The molecular weight excluding hydrogens is 324 g/mol. The predicted molar refractivity (Wildman–Crippen MR) is 75.1 cm³/mol. The molecular formula is C14H15BrN2O3. The topological polar surface area (TPSA) is 59.5 Å². The minimum atomic E-state index is -0.392. The van der Waals surface area contributed by atoms with Crippen LogP contribution in [0.2, 0.25) is 0 Å². The van der Waals surface area contributed by atoms with Gasteiger partial charge in [0.15, 0.2) is 0 Å². The van der Waals surface area contributed by atoms with Gasteiger partial charge in [-0.25, -0.2) is 4.79 Å². The van der Waals surface area contributed by atoms with Crippen molar-refractivity contribution in [2.75, 3.05) is 13.2 Å². The van der Waals surface area contributed by atoms with Crippen molar-refractivity contribution in [2.24, 2.45) is 5.92 Å². The molecule has 1 aromatic heterocycles. The number of hydrogen-bond donors (Lipinski definition) is 0. The fourth-order valence-electron chi connectivity index (χ4n) is 2.46. The van der Waals surface area contributed by atoms with Gasteiger partial charge in [0.1, 0.15) is 0 Å². The zero-order valence-electron chi connectivity index (χ0n) is 10.9. The zero-order chi connectivity index (χ0) is 14.1. The molecule has 1 amide bonds. The molecule has 1 aromatic rings. The number of halogens is 1. The molecule has 5 nitrogen and oxygen atoms in total. The van der Waals surface area contributed by atoms with Crippen molar-refractivity contribution in [2.45, 2.75) is 25.3 Å². The van der Waals surface area contributed by atoms with Gasteiger partial charge in [0.05, 0.1) is 12.2 Å². The Morgan fingerprint density at radius 3 is 2.95 bits per heavy atom. The maximum atomic E-state index is 11.9. The highest BCUT2D eigenvalue weighted by molar-refractivity contribution is 9.10. The van der Waals surface area contributed by atoms with E-state index >= 15 is 0 Å². The van der Waals surface area contributed by atoms with Gasteiger partial charge in [-0.1, -0.05) is 0 Å². The average Bonchev–Trinajstić information content (AvgIpc) is 3.20. The largest absolute Gasteiger partial charge is 0.462 e. The van der Waals surface area contributed by atoms with Crippen molar-refractivity contribution < 1.29 is 14.3 Å². The number of rotatable bonds is 4. The second-order valence-electron chi connectivity index (χ2n) is 5.34. The lowest BCUT2D eigenvalue weighted by Crippen LogP contribution is -2.27. The number of ether oxygens (including phenoxy) is 1. The standard InChI is InChI=1S/C14H15BrN2O3/c15-11-4-10(5-16-6-11)14(19)20-8-9-3-13(18)17(7-9)12-1-2-12/h4-6,9,12H,1-3,7-8H2/t9-/m0/s1. The third kappa shape index (κ3) is 3.00. The summed E-state index contributed by atoms with van der Waals surface area (Å²) in [5.74, 6) is -0.0824. The van der Waals surface area contributed by atoms with Crippen molar-refractivity contribution in [3.8, 4) is 0 Å². The Labute approximate surface area is 125 Å². The summed E-state index contributed by atoms with van der Waals surface area (Å²) in [6.07, 6.45) is 5.80. The van der Waals surface area contributed by atoms with E-state index in [1.165, 1.54) is 6.20 Å². The van der Waals surface area contributed by atoms with E-state index in [9.17, 15) is 9.59 Å². The van der Waals surface area contributed by atoms with E-state index in [0.29, 0.717) is 31.2 Å². The Morgan fingerprint density at radius 1 is 1.45 bits per heavy atom. The normalized spacial score (nSPS) is 22.1. The minimum Gasteiger partial charge on any atom is -0.462 e. The van der Waals surface area contributed by atoms with E-state index in [1.807, 2.05) is 4.90 Å². The van der Waals surface area contributed by atoms with Crippen molar-refractivity contribution in [1.29, 1.82) is 0 Å². The number of pyridine rings is 1. The van der Waals surface area contributed by atoms with Crippen LogP contribution in [0.15, 0.2) is 22.9 Å². The van der Waals surface area contributed by atoms with Crippen LogP contribution in [0.4, 0.5) is 0 Å².